The maximum absolute atomic E-state index is 3.71. The number of aromatic nitrogens is 2. The smallest absolute Gasteiger partial charge is 0.236 e. The van der Waals surface area contributed by atoms with Crippen molar-refractivity contribution < 1.29 is 4.57 Å². The highest BCUT2D eigenvalue weighted by molar-refractivity contribution is 5.12. The Morgan fingerprint density at radius 3 is 2.71 bits per heavy atom. The number of unbranched alkanes of at least 4 members (excludes halogenated alkanes) is 4. The fourth-order valence-electron chi connectivity index (χ4n) is 1.55. The summed E-state index contributed by atoms with van der Waals surface area (Å²) in [6.07, 6.45) is 14.7. The lowest BCUT2D eigenvalue weighted by atomic mass is 10.1. The average molecular weight is 193 g/mol. The van der Waals surface area contributed by atoms with Crippen LogP contribution in [0.3, 0.4) is 0 Å². The maximum Gasteiger partial charge on any atom is 0.248 e. The molecule has 0 atom stereocenters. The van der Waals surface area contributed by atoms with Gasteiger partial charge in [0.2, 0.25) is 6.33 Å². The topological polar surface area (TPSA) is 8.81 Å². The van der Waals surface area contributed by atoms with Crippen molar-refractivity contribution in [3.05, 3.63) is 25.3 Å². The van der Waals surface area contributed by atoms with E-state index in [0.29, 0.717) is 0 Å². The number of aryl methyl sites for hydroxylation is 1. The molecular formula is C12H21N2+. The first-order chi connectivity index (χ1) is 6.86. The average Bonchev–Trinajstić information content (AvgIpc) is 2.65. The number of hydrogen-bond acceptors (Lipinski definition) is 0. The van der Waals surface area contributed by atoms with Crippen molar-refractivity contribution in [1.82, 2.24) is 4.57 Å². The molecule has 1 aromatic rings. The number of hydrogen-bond donors (Lipinski definition) is 0. The van der Waals surface area contributed by atoms with Gasteiger partial charge in [-0.1, -0.05) is 32.8 Å². The molecule has 0 radical (unpaired) electrons. The number of imidazole rings is 1. The molecule has 1 rings (SSSR count). The van der Waals surface area contributed by atoms with Crippen molar-refractivity contribution in [3.8, 4) is 0 Å². The van der Waals surface area contributed by atoms with E-state index in [2.05, 4.69) is 30.6 Å². The minimum absolute atomic E-state index is 1.13. The molecule has 0 amide bonds. The third-order valence-electron chi connectivity index (χ3n) is 2.44. The summed E-state index contributed by atoms with van der Waals surface area (Å²) in [6.45, 7) is 7.09. The van der Waals surface area contributed by atoms with Crippen LogP contribution in [0.25, 0.3) is 6.20 Å². The monoisotopic (exact) mass is 193 g/mol. The van der Waals surface area contributed by atoms with E-state index in [0.717, 1.165) is 6.54 Å². The summed E-state index contributed by atoms with van der Waals surface area (Å²) in [5, 5.41) is 0. The molecular weight excluding hydrogens is 172 g/mol. The van der Waals surface area contributed by atoms with Gasteiger partial charge in [0.15, 0.2) is 0 Å². The first kappa shape index (κ1) is 11.0. The molecule has 0 aromatic carbocycles. The minimum atomic E-state index is 1.13. The Balaban J connectivity index is 2.14. The van der Waals surface area contributed by atoms with Crippen LogP contribution in [0.5, 0.6) is 0 Å². The predicted molar refractivity (Wildman–Crippen MR) is 59.8 cm³/mol. The Morgan fingerprint density at radius 2 is 2.07 bits per heavy atom. The molecule has 1 heterocycles. The summed E-state index contributed by atoms with van der Waals surface area (Å²) in [5.41, 5.74) is 0. The predicted octanol–water partition coefficient (Wildman–Crippen LogP) is 2.85. The van der Waals surface area contributed by atoms with E-state index >= 15 is 0 Å². The summed E-state index contributed by atoms with van der Waals surface area (Å²) < 4.78 is 4.19. The molecule has 0 saturated carbocycles. The number of nitrogens with zero attached hydrogens (tertiary/aromatic N) is 2. The highest BCUT2D eigenvalue weighted by Gasteiger charge is 1.99. The van der Waals surface area contributed by atoms with Crippen molar-refractivity contribution in [3.63, 3.8) is 0 Å². The van der Waals surface area contributed by atoms with Crippen LogP contribution in [0.4, 0.5) is 0 Å². The molecule has 0 fully saturated rings. The van der Waals surface area contributed by atoms with Crippen LogP contribution in [-0.2, 0) is 6.54 Å². The van der Waals surface area contributed by atoms with Gasteiger partial charge in [0, 0.05) is 0 Å². The van der Waals surface area contributed by atoms with Gasteiger partial charge < -0.3 is 0 Å². The second-order valence-electron chi connectivity index (χ2n) is 3.70. The zero-order chi connectivity index (χ0) is 10.2. The second-order valence-corrected chi connectivity index (χ2v) is 3.70. The van der Waals surface area contributed by atoms with Gasteiger partial charge in [-0.25, -0.2) is 9.13 Å². The molecule has 2 nitrogen and oxygen atoms in total. The molecule has 14 heavy (non-hydrogen) atoms. The van der Waals surface area contributed by atoms with Gasteiger partial charge >= 0.3 is 0 Å². The van der Waals surface area contributed by atoms with E-state index < -0.39 is 0 Å². The van der Waals surface area contributed by atoms with Gasteiger partial charge in [-0.3, -0.25) is 0 Å². The second kappa shape index (κ2) is 6.41. The molecule has 0 bridgehead atoms. The Bertz CT molecular complexity index is 263. The lowest BCUT2D eigenvalue weighted by Gasteiger charge is -1.97. The highest BCUT2D eigenvalue weighted by atomic mass is 15.1. The summed E-state index contributed by atoms with van der Waals surface area (Å²) in [6, 6.07) is 0. The van der Waals surface area contributed by atoms with E-state index in [4.69, 9.17) is 0 Å². The molecule has 0 spiro atoms. The quantitative estimate of drug-likeness (QED) is 0.465. The van der Waals surface area contributed by atoms with Crippen molar-refractivity contribution in [2.45, 2.75) is 45.6 Å². The zero-order valence-electron chi connectivity index (χ0n) is 9.15. The molecule has 78 valence electrons. The standard InChI is InChI=1S/C12H21N2/c1-3-5-6-7-8-9-14-11-10-13(4-2)12-14/h4,10-12H,2-3,5-9H2,1H3/q+1. The lowest BCUT2D eigenvalue weighted by Crippen LogP contribution is -2.30. The first-order valence-electron chi connectivity index (χ1n) is 5.56. The Morgan fingerprint density at radius 1 is 1.29 bits per heavy atom. The summed E-state index contributed by atoms with van der Waals surface area (Å²) in [7, 11) is 0. The lowest BCUT2D eigenvalue weighted by molar-refractivity contribution is -0.696. The number of rotatable bonds is 7. The molecule has 0 N–H and O–H groups in total. The Kier molecular flexibility index (Phi) is 5.05. The van der Waals surface area contributed by atoms with Crippen LogP contribution in [0, 0.1) is 0 Å². The van der Waals surface area contributed by atoms with E-state index in [-0.39, 0.29) is 0 Å². The molecule has 0 aliphatic heterocycles. The van der Waals surface area contributed by atoms with Crippen molar-refractivity contribution in [1.29, 1.82) is 0 Å². The van der Waals surface area contributed by atoms with Crippen LogP contribution in [-0.4, -0.2) is 4.57 Å². The van der Waals surface area contributed by atoms with E-state index in [9.17, 15) is 0 Å². The third kappa shape index (κ3) is 3.77. The van der Waals surface area contributed by atoms with Crippen molar-refractivity contribution in [2.24, 2.45) is 0 Å². The maximum atomic E-state index is 3.71. The van der Waals surface area contributed by atoms with Gasteiger partial charge in [-0.2, -0.15) is 0 Å². The normalized spacial score (nSPS) is 10.4. The van der Waals surface area contributed by atoms with Gasteiger partial charge in [-0.15, -0.1) is 0 Å². The third-order valence-corrected chi connectivity index (χ3v) is 2.44. The minimum Gasteiger partial charge on any atom is -0.236 e. The fraction of sp³-hybridized carbons (Fsp3) is 0.583. The molecule has 1 aromatic heterocycles. The van der Waals surface area contributed by atoms with Crippen LogP contribution in [0.1, 0.15) is 39.0 Å². The van der Waals surface area contributed by atoms with E-state index in [1.807, 2.05) is 17.0 Å². The molecule has 0 unspecified atom stereocenters. The summed E-state index contributed by atoms with van der Waals surface area (Å²) in [5.74, 6) is 0. The van der Waals surface area contributed by atoms with Gasteiger partial charge in [0.05, 0.1) is 12.7 Å². The Labute approximate surface area is 86.9 Å². The van der Waals surface area contributed by atoms with Gasteiger partial charge in [-0.05, 0) is 12.8 Å². The van der Waals surface area contributed by atoms with E-state index in [1.165, 1.54) is 32.1 Å². The fourth-order valence-corrected chi connectivity index (χ4v) is 1.55. The van der Waals surface area contributed by atoms with Gasteiger partial charge in [0.25, 0.3) is 0 Å². The van der Waals surface area contributed by atoms with E-state index in [1.54, 1.807) is 0 Å². The summed E-state index contributed by atoms with van der Waals surface area (Å²) in [4.78, 5) is 0. The SMILES string of the molecule is C=Cn1cc[n+](CCCCCCC)c1. The van der Waals surface area contributed by atoms with Crippen molar-refractivity contribution >= 4 is 6.20 Å². The van der Waals surface area contributed by atoms with Crippen LogP contribution < -0.4 is 4.57 Å². The molecule has 0 aliphatic rings. The summed E-state index contributed by atoms with van der Waals surface area (Å²) >= 11 is 0. The first-order valence-corrected chi connectivity index (χ1v) is 5.56. The van der Waals surface area contributed by atoms with Crippen LogP contribution in [0.15, 0.2) is 25.3 Å². The highest BCUT2D eigenvalue weighted by Crippen LogP contribution is 2.01. The molecule has 0 saturated heterocycles. The zero-order valence-corrected chi connectivity index (χ0v) is 9.15. The largest absolute Gasteiger partial charge is 0.248 e. The van der Waals surface area contributed by atoms with Gasteiger partial charge in [0.1, 0.15) is 12.4 Å². The Hall–Kier alpha value is -1.05. The molecule has 0 aliphatic carbocycles. The van der Waals surface area contributed by atoms with Crippen LogP contribution in [0.2, 0.25) is 0 Å². The molecule has 2 heteroatoms. The van der Waals surface area contributed by atoms with Crippen molar-refractivity contribution in [2.75, 3.05) is 0 Å². The van der Waals surface area contributed by atoms with Crippen LogP contribution >= 0.6 is 0 Å².